The number of aliphatic hydroxyl groups excluding tert-OH is 1. The molecule has 0 radical (unpaired) electrons. The molecule has 9 nitrogen and oxygen atoms in total. The van der Waals surface area contributed by atoms with Crippen LogP contribution in [0.2, 0.25) is 0 Å². The van der Waals surface area contributed by atoms with Gasteiger partial charge >= 0.3 is 6.09 Å². The lowest BCUT2D eigenvalue weighted by molar-refractivity contribution is 0.0453. The highest BCUT2D eigenvalue weighted by Gasteiger charge is 2.43. The van der Waals surface area contributed by atoms with E-state index in [9.17, 15) is 23.5 Å². The number of hydrogen-bond donors (Lipinski definition) is 1. The molecule has 2 saturated heterocycles. The molecule has 5 rings (SSSR count). The van der Waals surface area contributed by atoms with Crippen LogP contribution in [0.1, 0.15) is 49.6 Å². The maximum atomic E-state index is 14.8. The van der Waals surface area contributed by atoms with Crippen molar-refractivity contribution in [3.8, 4) is 16.9 Å². The van der Waals surface area contributed by atoms with E-state index >= 15 is 0 Å². The summed E-state index contributed by atoms with van der Waals surface area (Å²) in [7, 11) is 0. The Morgan fingerprint density at radius 1 is 1.03 bits per heavy atom. The largest absolute Gasteiger partial charge is 0.487 e. The van der Waals surface area contributed by atoms with Gasteiger partial charge in [0.1, 0.15) is 5.60 Å². The summed E-state index contributed by atoms with van der Waals surface area (Å²) in [5.74, 6) is -2.52. The van der Waals surface area contributed by atoms with E-state index in [0.717, 1.165) is 25.0 Å². The number of ether oxygens (including phenoxy) is 2. The van der Waals surface area contributed by atoms with Crippen LogP contribution in [0.3, 0.4) is 0 Å². The molecular formula is C26H30F2N4O5. The number of β-amino-alcohol motifs (C(OH)–C–C–N with tert-alkyl or cyclic N) is 1. The van der Waals surface area contributed by atoms with Gasteiger partial charge in [0.15, 0.2) is 17.4 Å². The van der Waals surface area contributed by atoms with Gasteiger partial charge in [-0.2, -0.15) is 0 Å². The second-order valence-corrected chi connectivity index (χ2v) is 10.3. The van der Waals surface area contributed by atoms with Crippen LogP contribution in [0, 0.1) is 17.6 Å². The number of aromatic nitrogens is 2. The Morgan fingerprint density at radius 3 is 2.22 bits per heavy atom. The molecule has 198 valence electrons. The number of rotatable bonds is 6. The Balaban J connectivity index is 1.16. The first kappa shape index (κ1) is 25.3. The average Bonchev–Trinajstić information content (AvgIpc) is 3.45. The van der Waals surface area contributed by atoms with Crippen molar-refractivity contribution < 1.29 is 33.0 Å². The van der Waals surface area contributed by atoms with E-state index < -0.39 is 29.4 Å². The minimum atomic E-state index is -0.847. The van der Waals surface area contributed by atoms with Crippen LogP contribution in [-0.4, -0.2) is 81.4 Å². The molecule has 0 spiro atoms. The maximum Gasteiger partial charge on any atom is 0.410 e. The Morgan fingerprint density at radius 2 is 1.65 bits per heavy atom. The molecule has 1 saturated carbocycles. The van der Waals surface area contributed by atoms with Gasteiger partial charge in [-0.3, -0.25) is 4.79 Å². The molecule has 1 aliphatic carbocycles. The van der Waals surface area contributed by atoms with E-state index in [1.165, 1.54) is 17.3 Å². The van der Waals surface area contributed by atoms with Gasteiger partial charge in [0.2, 0.25) is 5.82 Å². The van der Waals surface area contributed by atoms with Gasteiger partial charge in [-0.1, -0.05) is 0 Å². The minimum absolute atomic E-state index is 0.0419. The summed E-state index contributed by atoms with van der Waals surface area (Å²) >= 11 is 0. The van der Waals surface area contributed by atoms with E-state index in [2.05, 4.69) is 9.97 Å². The number of piperidine rings is 1. The van der Waals surface area contributed by atoms with Crippen molar-refractivity contribution in [3.63, 3.8) is 0 Å². The molecule has 3 fully saturated rings. The summed E-state index contributed by atoms with van der Waals surface area (Å²) in [6.45, 7) is 3.75. The highest BCUT2D eigenvalue weighted by Crippen LogP contribution is 2.39. The number of aliphatic hydroxyl groups is 1. The monoisotopic (exact) mass is 516 g/mol. The SMILES string of the molecule is CC1(OC(=O)N2CCC(COc3c(F)cc(-c4cnc(C(=O)N5CCC(O)C5)nc4)cc3F)CC2)CC1. The predicted octanol–water partition coefficient (Wildman–Crippen LogP) is 3.41. The van der Waals surface area contributed by atoms with Gasteiger partial charge < -0.3 is 24.4 Å². The van der Waals surface area contributed by atoms with Crippen LogP contribution < -0.4 is 4.74 Å². The Bertz CT molecular complexity index is 1140. The van der Waals surface area contributed by atoms with E-state index in [4.69, 9.17) is 9.47 Å². The summed E-state index contributed by atoms with van der Waals surface area (Å²) in [5, 5.41) is 9.61. The summed E-state index contributed by atoms with van der Waals surface area (Å²) in [6, 6.07) is 2.29. The van der Waals surface area contributed by atoms with Crippen LogP contribution in [0.4, 0.5) is 13.6 Å². The molecule has 1 atom stereocenters. The van der Waals surface area contributed by atoms with Gasteiger partial charge in [0.25, 0.3) is 5.91 Å². The van der Waals surface area contributed by atoms with Crippen molar-refractivity contribution >= 4 is 12.0 Å². The fourth-order valence-corrected chi connectivity index (χ4v) is 4.56. The van der Waals surface area contributed by atoms with Gasteiger partial charge in [0.05, 0.1) is 12.7 Å². The number of halogens is 2. The molecule has 1 unspecified atom stereocenters. The quantitative estimate of drug-likeness (QED) is 0.627. The molecule has 3 heterocycles. The lowest BCUT2D eigenvalue weighted by atomic mass is 9.98. The van der Waals surface area contributed by atoms with Gasteiger partial charge in [-0.15, -0.1) is 0 Å². The Kier molecular flexibility index (Phi) is 6.98. The number of hydrogen-bond acceptors (Lipinski definition) is 7. The first-order chi connectivity index (χ1) is 17.7. The van der Waals surface area contributed by atoms with Crippen molar-refractivity contribution in [2.75, 3.05) is 32.8 Å². The fourth-order valence-electron chi connectivity index (χ4n) is 4.56. The topological polar surface area (TPSA) is 105 Å². The summed E-state index contributed by atoms with van der Waals surface area (Å²) in [6.07, 6.45) is 5.42. The number of likely N-dealkylation sites (tertiary alicyclic amines) is 2. The zero-order valence-electron chi connectivity index (χ0n) is 20.7. The van der Waals surface area contributed by atoms with Crippen molar-refractivity contribution in [3.05, 3.63) is 42.0 Å². The maximum absolute atomic E-state index is 14.8. The van der Waals surface area contributed by atoms with Crippen LogP contribution in [0.25, 0.3) is 11.1 Å². The molecule has 2 aromatic rings. The standard InChI is InChI=1S/C26H30F2N4O5/c1-26(5-6-26)37-25(35)31-7-2-16(3-8-31)15-36-22-20(27)10-17(11-21(22)28)18-12-29-23(30-13-18)24(34)32-9-4-19(33)14-32/h10-13,16,19,33H,2-9,14-15H2,1H3. The van der Waals surface area contributed by atoms with Gasteiger partial charge in [-0.05, 0) is 62.6 Å². The fraction of sp³-hybridized carbons (Fsp3) is 0.538. The molecule has 1 N–H and O–H groups in total. The Hall–Kier alpha value is -3.34. The van der Waals surface area contributed by atoms with E-state index in [-0.39, 0.29) is 42.2 Å². The number of benzene rings is 1. The first-order valence-electron chi connectivity index (χ1n) is 12.6. The second kappa shape index (κ2) is 10.2. The highest BCUT2D eigenvalue weighted by atomic mass is 19.1. The zero-order valence-corrected chi connectivity index (χ0v) is 20.7. The number of nitrogens with zero attached hydrogens (tertiary/aromatic N) is 4. The molecule has 3 aliphatic rings. The van der Waals surface area contributed by atoms with Crippen molar-refractivity contribution in [1.82, 2.24) is 19.8 Å². The lowest BCUT2D eigenvalue weighted by Gasteiger charge is -2.32. The normalized spacial score (nSPS) is 21.1. The van der Waals surface area contributed by atoms with Crippen molar-refractivity contribution in [1.29, 1.82) is 0 Å². The molecule has 1 aromatic heterocycles. The molecular weight excluding hydrogens is 486 g/mol. The van der Waals surface area contributed by atoms with Gasteiger partial charge in [-0.25, -0.2) is 23.5 Å². The Labute approximate surface area is 213 Å². The van der Waals surface area contributed by atoms with Crippen molar-refractivity contribution in [2.24, 2.45) is 5.92 Å². The molecule has 2 amide bonds. The van der Waals surface area contributed by atoms with Crippen LogP contribution in [-0.2, 0) is 4.74 Å². The summed E-state index contributed by atoms with van der Waals surface area (Å²) in [5.41, 5.74) is 0.248. The number of carbonyl (C=O) groups excluding carboxylic acids is 2. The highest BCUT2D eigenvalue weighted by molar-refractivity contribution is 5.90. The second-order valence-electron chi connectivity index (χ2n) is 10.3. The third-order valence-electron chi connectivity index (χ3n) is 7.25. The van der Waals surface area contributed by atoms with Crippen molar-refractivity contribution in [2.45, 2.75) is 50.7 Å². The predicted molar refractivity (Wildman–Crippen MR) is 128 cm³/mol. The van der Waals surface area contributed by atoms with E-state index in [1.807, 2.05) is 6.92 Å². The number of carbonyl (C=O) groups is 2. The van der Waals surface area contributed by atoms with E-state index in [0.29, 0.717) is 44.5 Å². The lowest BCUT2D eigenvalue weighted by Crippen LogP contribution is -2.41. The minimum Gasteiger partial charge on any atom is -0.487 e. The smallest absolute Gasteiger partial charge is 0.410 e. The molecule has 2 aliphatic heterocycles. The first-order valence-corrected chi connectivity index (χ1v) is 12.6. The summed E-state index contributed by atoms with van der Waals surface area (Å²) < 4.78 is 40.6. The van der Waals surface area contributed by atoms with Crippen LogP contribution in [0.5, 0.6) is 5.75 Å². The number of amides is 2. The van der Waals surface area contributed by atoms with E-state index in [1.54, 1.807) is 4.90 Å². The summed E-state index contributed by atoms with van der Waals surface area (Å²) in [4.78, 5) is 35.9. The van der Waals surface area contributed by atoms with Crippen LogP contribution >= 0.6 is 0 Å². The van der Waals surface area contributed by atoms with Gasteiger partial charge in [0, 0.05) is 44.1 Å². The third-order valence-corrected chi connectivity index (χ3v) is 7.25. The third kappa shape index (κ3) is 5.82. The molecule has 37 heavy (non-hydrogen) atoms. The molecule has 11 heteroatoms. The average molecular weight is 517 g/mol. The molecule has 1 aromatic carbocycles. The van der Waals surface area contributed by atoms with Crippen LogP contribution in [0.15, 0.2) is 24.5 Å². The molecule has 0 bridgehead atoms. The zero-order chi connectivity index (χ0) is 26.2.